The zero-order valence-electron chi connectivity index (χ0n) is 22.2. The van der Waals surface area contributed by atoms with Gasteiger partial charge in [0.05, 0.1) is 21.1 Å². The van der Waals surface area contributed by atoms with Crippen LogP contribution in [0.5, 0.6) is 0 Å². The van der Waals surface area contributed by atoms with Crippen LogP contribution in [0.3, 0.4) is 0 Å². The summed E-state index contributed by atoms with van der Waals surface area (Å²) in [5.74, 6) is 0. The predicted molar refractivity (Wildman–Crippen MR) is 142 cm³/mol. The first kappa shape index (κ1) is 32.5. The Kier molecular flexibility index (Phi) is 18.6. The fourth-order valence-corrected chi connectivity index (χ4v) is 5.23. The van der Waals surface area contributed by atoms with Gasteiger partial charge in [0.1, 0.15) is 6.54 Å². The van der Waals surface area contributed by atoms with Gasteiger partial charge in [0, 0.05) is 0 Å². The molecule has 0 aliphatic rings. The highest BCUT2D eigenvalue weighted by Crippen LogP contribution is 2.52. The highest BCUT2D eigenvalue weighted by molar-refractivity contribution is 7.53. The molecule has 33 heavy (non-hydrogen) atoms. The zero-order chi connectivity index (χ0) is 25.1. The lowest BCUT2D eigenvalue weighted by molar-refractivity contribution is -0.875. The number of likely N-dealkylation sites (N-methyl/N-ethyl adjacent to an activating group) is 1. The first-order valence-corrected chi connectivity index (χ1v) is 15.0. The van der Waals surface area contributed by atoms with Crippen LogP contribution in [0.2, 0.25) is 0 Å². The van der Waals surface area contributed by atoms with Crippen molar-refractivity contribution in [1.82, 2.24) is 0 Å². The molecule has 5 nitrogen and oxygen atoms in total. The second-order valence-electron chi connectivity index (χ2n) is 10.7. The highest BCUT2D eigenvalue weighted by atomic mass is 31.2. The molecule has 0 aliphatic carbocycles. The van der Waals surface area contributed by atoms with Gasteiger partial charge in [0.25, 0.3) is 0 Å². The molecule has 0 aliphatic heterocycles. The summed E-state index contributed by atoms with van der Waals surface area (Å²) in [6, 6.07) is 0. The molecule has 0 rings (SSSR count). The zero-order valence-corrected chi connectivity index (χ0v) is 23.1. The van der Waals surface area contributed by atoms with Gasteiger partial charge in [-0.05, 0) is 44.9 Å². The molecule has 0 aromatic carbocycles. The molecule has 0 bridgehead atoms. The largest absolute Gasteiger partial charge is 0.373 e. The van der Waals surface area contributed by atoms with Crippen molar-refractivity contribution in [3.8, 4) is 0 Å². The van der Waals surface area contributed by atoms with Gasteiger partial charge >= 0.3 is 7.60 Å². The number of hydrogen-bond acceptors (Lipinski definition) is 2. The summed E-state index contributed by atoms with van der Waals surface area (Å²) in [7, 11) is 0.975. The molecule has 0 spiro atoms. The minimum Gasteiger partial charge on any atom is -0.373 e. The SMILES string of the molecule is CCC/C=C\CC/C=C\CCCCCCCCCCCCCC(O)(C[N+](C)(C)C)P(=O)(O)O. The smallest absolute Gasteiger partial charge is 0.362 e. The Morgan fingerprint density at radius 1 is 0.667 bits per heavy atom. The fraction of sp³-hybridized carbons (Fsp3) is 0.852. The summed E-state index contributed by atoms with van der Waals surface area (Å²) < 4.78 is 12.1. The fourth-order valence-electron chi connectivity index (χ4n) is 4.17. The van der Waals surface area contributed by atoms with Crippen LogP contribution < -0.4 is 0 Å². The maximum Gasteiger partial charge on any atom is 0.362 e. The van der Waals surface area contributed by atoms with Crippen molar-refractivity contribution >= 4 is 7.60 Å². The van der Waals surface area contributed by atoms with E-state index in [1.165, 1.54) is 83.5 Å². The molecular weight excluding hydrogens is 433 g/mol. The lowest BCUT2D eigenvalue weighted by atomic mass is 10.0. The molecule has 0 amide bonds. The van der Waals surface area contributed by atoms with Crippen molar-refractivity contribution in [3.63, 3.8) is 0 Å². The minimum absolute atomic E-state index is 0.0598. The number of rotatable bonds is 22. The van der Waals surface area contributed by atoms with E-state index in [2.05, 4.69) is 31.2 Å². The number of quaternary nitrogens is 1. The maximum absolute atomic E-state index is 11.8. The van der Waals surface area contributed by atoms with Crippen molar-refractivity contribution in [2.45, 2.75) is 121 Å². The lowest BCUT2D eigenvalue weighted by Gasteiger charge is -2.35. The minimum atomic E-state index is -4.55. The Labute approximate surface area is 205 Å². The Hall–Kier alpha value is -0.450. The monoisotopic (exact) mass is 488 g/mol. The Morgan fingerprint density at radius 2 is 1.06 bits per heavy atom. The number of unbranched alkanes of at least 4 members (excludes halogenated alkanes) is 13. The molecule has 0 radical (unpaired) electrons. The van der Waals surface area contributed by atoms with Gasteiger partial charge in [0.2, 0.25) is 5.34 Å². The predicted octanol–water partition coefficient (Wildman–Crippen LogP) is 7.32. The normalized spacial score (nSPS) is 15.0. The van der Waals surface area contributed by atoms with Gasteiger partial charge in [-0.3, -0.25) is 4.57 Å². The van der Waals surface area contributed by atoms with Crippen LogP contribution in [-0.4, -0.2) is 52.4 Å². The summed E-state index contributed by atoms with van der Waals surface area (Å²) in [6.45, 7) is 2.27. The van der Waals surface area contributed by atoms with Gasteiger partial charge in [-0.1, -0.05) is 95.4 Å². The number of aliphatic hydroxyl groups is 1. The molecular formula is C27H55NO4P+. The van der Waals surface area contributed by atoms with E-state index in [9.17, 15) is 19.5 Å². The van der Waals surface area contributed by atoms with Gasteiger partial charge in [-0.25, -0.2) is 0 Å². The van der Waals surface area contributed by atoms with Crippen LogP contribution in [0.4, 0.5) is 0 Å². The van der Waals surface area contributed by atoms with Crippen LogP contribution in [0.1, 0.15) is 116 Å². The second kappa shape index (κ2) is 18.8. The molecule has 0 saturated heterocycles. The van der Waals surface area contributed by atoms with Crippen molar-refractivity contribution in [3.05, 3.63) is 24.3 Å². The van der Waals surface area contributed by atoms with E-state index in [1.54, 1.807) is 0 Å². The van der Waals surface area contributed by atoms with Gasteiger partial charge in [-0.2, -0.15) is 0 Å². The summed E-state index contributed by atoms with van der Waals surface area (Å²) in [5, 5.41) is 8.64. The Morgan fingerprint density at radius 3 is 1.48 bits per heavy atom. The molecule has 196 valence electrons. The van der Waals surface area contributed by atoms with E-state index in [1.807, 2.05) is 21.1 Å². The Balaban J connectivity index is 3.58. The molecule has 0 saturated carbocycles. The average molecular weight is 489 g/mol. The Bertz CT molecular complexity index is 565. The van der Waals surface area contributed by atoms with Crippen molar-refractivity contribution in [1.29, 1.82) is 0 Å². The summed E-state index contributed by atoms with van der Waals surface area (Å²) in [5.41, 5.74) is 0. The lowest BCUT2D eigenvalue weighted by Crippen LogP contribution is -2.49. The molecule has 0 aromatic rings. The van der Waals surface area contributed by atoms with E-state index in [0.717, 1.165) is 12.8 Å². The molecule has 0 fully saturated rings. The van der Waals surface area contributed by atoms with Crippen molar-refractivity contribution < 1.29 is 23.9 Å². The van der Waals surface area contributed by atoms with Crippen molar-refractivity contribution in [2.24, 2.45) is 0 Å². The molecule has 0 aromatic heterocycles. The van der Waals surface area contributed by atoms with E-state index in [4.69, 9.17) is 0 Å². The third-order valence-electron chi connectivity index (χ3n) is 6.01. The van der Waals surface area contributed by atoms with Crippen LogP contribution in [-0.2, 0) is 4.57 Å². The highest BCUT2D eigenvalue weighted by Gasteiger charge is 2.48. The molecule has 1 atom stereocenters. The van der Waals surface area contributed by atoms with Gasteiger partial charge in [0.15, 0.2) is 0 Å². The summed E-state index contributed by atoms with van der Waals surface area (Å²) in [4.78, 5) is 19.2. The third kappa shape index (κ3) is 19.5. The topological polar surface area (TPSA) is 77.8 Å². The quantitative estimate of drug-likeness (QED) is 0.0645. The third-order valence-corrected chi connectivity index (χ3v) is 7.46. The molecule has 6 heteroatoms. The second-order valence-corrected chi connectivity index (χ2v) is 12.6. The molecule has 3 N–H and O–H groups in total. The van der Waals surface area contributed by atoms with Crippen LogP contribution >= 0.6 is 7.60 Å². The first-order valence-electron chi connectivity index (χ1n) is 13.4. The van der Waals surface area contributed by atoms with E-state index in [0.29, 0.717) is 10.9 Å². The van der Waals surface area contributed by atoms with Gasteiger partial charge in [-0.15, -0.1) is 0 Å². The number of hydrogen-bond donors (Lipinski definition) is 3. The molecule has 0 heterocycles. The van der Waals surface area contributed by atoms with E-state index in [-0.39, 0.29) is 13.0 Å². The van der Waals surface area contributed by atoms with Crippen LogP contribution in [0, 0.1) is 0 Å². The van der Waals surface area contributed by atoms with Gasteiger partial charge < -0.3 is 19.4 Å². The van der Waals surface area contributed by atoms with Crippen LogP contribution in [0.15, 0.2) is 24.3 Å². The standard InChI is InChI=1S/C27H54NO4P/c1-5-6-7-8-9-10-11-12-13-14-15-16-17-18-19-20-21-22-23-24-25-27(29,33(30,31)32)26-28(2,3)4/h7-8,11-12,29H,5-6,9-10,13-26H2,1-4H3,(H-,30,31,32)/p+1/b8-7-,12-11-. The first-order chi connectivity index (χ1) is 15.5. The number of nitrogens with zero attached hydrogens (tertiary/aromatic N) is 1. The van der Waals surface area contributed by atoms with E-state index < -0.39 is 12.9 Å². The summed E-state index contributed by atoms with van der Waals surface area (Å²) in [6.07, 6.45) is 28.3. The van der Waals surface area contributed by atoms with E-state index >= 15 is 0 Å². The van der Waals surface area contributed by atoms with Crippen LogP contribution in [0.25, 0.3) is 0 Å². The van der Waals surface area contributed by atoms with Crippen molar-refractivity contribution in [2.75, 3.05) is 27.7 Å². The maximum atomic E-state index is 11.8. The number of allylic oxidation sites excluding steroid dienone is 4. The summed E-state index contributed by atoms with van der Waals surface area (Å²) >= 11 is 0. The molecule has 1 unspecified atom stereocenters. The average Bonchev–Trinajstić information content (AvgIpc) is 2.70.